The number of carbonyl (C=O) groups is 1. The van der Waals surface area contributed by atoms with Crippen molar-refractivity contribution < 1.29 is 24.5 Å². The minimum atomic E-state index is -0.900. The van der Waals surface area contributed by atoms with Crippen molar-refractivity contribution in [2.75, 3.05) is 13.7 Å². The van der Waals surface area contributed by atoms with Crippen LogP contribution in [0.2, 0.25) is 0 Å². The maximum atomic E-state index is 10.9. The minimum Gasteiger partial charge on any atom is -0.467 e. The lowest BCUT2D eigenvalue weighted by atomic mass is 10.0. The molecule has 0 aliphatic carbocycles. The van der Waals surface area contributed by atoms with Gasteiger partial charge in [-0.3, -0.25) is 0 Å². The van der Waals surface area contributed by atoms with Crippen molar-refractivity contribution >= 4 is 5.97 Å². The summed E-state index contributed by atoms with van der Waals surface area (Å²) in [5, 5.41) is 18.2. The molecule has 0 aromatic heterocycles. The highest BCUT2D eigenvalue weighted by Crippen LogP contribution is 2.15. The van der Waals surface area contributed by atoms with E-state index in [1.807, 2.05) is 0 Å². The first-order chi connectivity index (χ1) is 5.65. The molecule has 0 bridgehead atoms. The number of esters is 1. The van der Waals surface area contributed by atoms with Crippen LogP contribution in [0.5, 0.6) is 0 Å². The van der Waals surface area contributed by atoms with Crippen molar-refractivity contribution in [2.45, 2.75) is 24.7 Å². The van der Waals surface area contributed by atoms with E-state index >= 15 is 0 Å². The third-order valence-corrected chi connectivity index (χ3v) is 1.83. The molecular formula is C7H12O5. The molecule has 0 amide bonds. The fourth-order valence-corrected chi connectivity index (χ4v) is 1.07. The molecule has 0 aromatic carbocycles. The molecule has 1 aliphatic heterocycles. The normalized spacial score (nSPS) is 36.1. The first kappa shape index (κ1) is 9.44. The van der Waals surface area contributed by atoms with Gasteiger partial charge in [-0.2, -0.15) is 0 Å². The first-order valence-corrected chi connectivity index (χ1v) is 3.70. The Bertz CT molecular complexity index is 169. The van der Waals surface area contributed by atoms with E-state index in [1.54, 1.807) is 0 Å². The van der Waals surface area contributed by atoms with Crippen LogP contribution in [0.25, 0.3) is 0 Å². The van der Waals surface area contributed by atoms with E-state index in [2.05, 4.69) is 4.74 Å². The van der Waals surface area contributed by atoms with Crippen LogP contribution in [0, 0.1) is 0 Å². The van der Waals surface area contributed by atoms with Gasteiger partial charge < -0.3 is 19.7 Å². The van der Waals surface area contributed by atoms with E-state index in [0.717, 1.165) is 0 Å². The Morgan fingerprint density at radius 1 is 1.50 bits per heavy atom. The van der Waals surface area contributed by atoms with Crippen molar-refractivity contribution in [1.29, 1.82) is 0 Å². The van der Waals surface area contributed by atoms with E-state index in [9.17, 15) is 4.79 Å². The van der Waals surface area contributed by atoms with Crippen LogP contribution in [0.3, 0.4) is 0 Å². The van der Waals surface area contributed by atoms with Gasteiger partial charge in [-0.15, -0.1) is 0 Å². The molecule has 5 nitrogen and oxygen atoms in total. The predicted octanol–water partition coefficient (Wildman–Crippen LogP) is -1.33. The molecule has 1 heterocycles. The maximum Gasteiger partial charge on any atom is 0.335 e. The van der Waals surface area contributed by atoms with Crippen LogP contribution in [-0.4, -0.2) is 48.2 Å². The summed E-state index contributed by atoms with van der Waals surface area (Å²) < 4.78 is 9.35. The van der Waals surface area contributed by atoms with Gasteiger partial charge in [0.15, 0.2) is 6.10 Å². The molecule has 1 rings (SSSR count). The fraction of sp³-hybridized carbons (Fsp3) is 0.857. The number of hydrogen-bond acceptors (Lipinski definition) is 5. The lowest BCUT2D eigenvalue weighted by Crippen LogP contribution is -2.44. The van der Waals surface area contributed by atoms with Crippen molar-refractivity contribution in [1.82, 2.24) is 0 Å². The van der Waals surface area contributed by atoms with Gasteiger partial charge >= 0.3 is 5.97 Å². The third kappa shape index (κ3) is 1.94. The Labute approximate surface area is 69.9 Å². The monoisotopic (exact) mass is 176 g/mol. The zero-order chi connectivity index (χ0) is 9.14. The third-order valence-electron chi connectivity index (χ3n) is 1.83. The zero-order valence-corrected chi connectivity index (χ0v) is 6.77. The van der Waals surface area contributed by atoms with Crippen molar-refractivity contribution in [3.63, 3.8) is 0 Å². The fourth-order valence-electron chi connectivity index (χ4n) is 1.07. The van der Waals surface area contributed by atoms with Gasteiger partial charge in [0, 0.05) is 6.42 Å². The van der Waals surface area contributed by atoms with Crippen molar-refractivity contribution in [3.05, 3.63) is 0 Å². The number of methoxy groups -OCH3 is 1. The molecule has 70 valence electrons. The molecule has 1 saturated heterocycles. The van der Waals surface area contributed by atoms with Crippen LogP contribution in [0.1, 0.15) is 6.42 Å². The minimum absolute atomic E-state index is 0.0269. The molecule has 1 fully saturated rings. The summed E-state index contributed by atoms with van der Waals surface area (Å²) in [6, 6.07) is 0. The Hall–Kier alpha value is -0.650. The van der Waals surface area contributed by atoms with Crippen LogP contribution < -0.4 is 0 Å². The summed E-state index contributed by atoms with van der Waals surface area (Å²) in [6.45, 7) is -0.0269. The number of rotatable bonds is 1. The largest absolute Gasteiger partial charge is 0.467 e. The van der Waals surface area contributed by atoms with Gasteiger partial charge in [-0.05, 0) is 0 Å². The SMILES string of the molecule is COC(=O)C1CC(O)C(O)CO1. The van der Waals surface area contributed by atoms with Crippen LogP contribution in [0.4, 0.5) is 0 Å². The number of aliphatic hydroxyl groups is 2. The molecule has 1 aliphatic rings. The molecule has 2 N–H and O–H groups in total. The lowest BCUT2D eigenvalue weighted by Gasteiger charge is -2.28. The summed E-state index contributed by atoms with van der Waals surface area (Å²) in [6.07, 6.45) is -2.45. The van der Waals surface area contributed by atoms with E-state index in [4.69, 9.17) is 14.9 Å². The molecule has 3 atom stereocenters. The average Bonchev–Trinajstić information content (AvgIpc) is 2.08. The number of ether oxygens (including phenoxy) is 2. The highest BCUT2D eigenvalue weighted by molar-refractivity contribution is 5.74. The second-order valence-corrected chi connectivity index (χ2v) is 2.72. The Balaban J connectivity index is 2.45. The molecule has 3 unspecified atom stereocenters. The molecule has 0 spiro atoms. The molecule has 0 aromatic rings. The van der Waals surface area contributed by atoms with E-state index in [1.165, 1.54) is 7.11 Å². The van der Waals surface area contributed by atoms with Crippen LogP contribution in [0.15, 0.2) is 0 Å². The van der Waals surface area contributed by atoms with Gasteiger partial charge in [0.25, 0.3) is 0 Å². The summed E-state index contributed by atoms with van der Waals surface area (Å²) in [4.78, 5) is 10.9. The van der Waals surface area contributed by atoms with Gasteiger partial charge in [0.2, 0.25) is 0 Å². The highest BCUT2D eigenvalue weighted by Gasteiger charge is 2.32. The Morgan fingerprint density at radius 3 is 2.67 bits per heavy atom. The summed E-state index contributed by atoms with van der Waals surface area (Å²) >= 11 is 0. The standard InChI is InChI=1S/C7H12O5/c1-11-7(10)6-2-4(8)5(9)3-12-6/h4-6,8-9H,2-3H2,1H3. The Morgan fingerprint density at radius 2 is 2.17 bits per heavy atom. The number of aliphatic hydroxyl groups excluding tert-OH is 2. The lowest BCUT2D eigenvalue weighted by molar-refractivity contribution is -0.171. The van der Waals surface area contributed by atoms with E-state index in [0.29, 0.717) is 0 Å². The summed E-state index contributed by atoms with van der Waals surface area (Å²) in [5.41, 5.74) is 0. The van der Waals surface area contributed by atoms with E-state index in [-0.39, 0.29) is 13.0 Å². The van der Waals surface area contributed by atoms with Gasteiger partial charge in [-0.25, -0.2) is 4.79 Å². The van der Waals surface area contributed by atoms with Crippen LogP contribution >= 0.6 is 0 Å². The quantitative estimate of drug-likeness (QED) is 0.484. The van der Waals surface area contributed by atoms with Gasteiger partial charge in [0.1, 0.15) is 6.10 Å². The zero-order valence-electron chi connectivity index (χ0n) is 6.77. The number of carbonyl (C=O) groups excluding carboxylic acids is 1. The number of hydrogen-bond donors (Lipinski definition) is 2. The average molecular weight is 176 g/mol. The Kier molecular flexibility index (Phi) is 3.02. The maximum absolute atomic E-state index is 10.9. The molecule has 0 radical (unpaired) electrons. The second kappa shape index (κ2) is 3.84. The van der Waals surface area contributed by atoms with Crippen LogP contribution in [-0.2, 0) is 14.3 Å². The summed E-state index contributed by atoms with van der Waals surface area (Å²) in [5.74, 6) is -0.513. The molecule has 5 heteroatoms. The van der Waals surface area contributed by atoms with E-state index < -0.39 is 24.3 Å². The predicted molar refractivity (Wildman–Crippen MR) is 38.4 cm³/mol. The molecular weight excluding hydrogens is 164 g/mol. The second-order valence-electron chi connectivity index (χ2n) is 2.72. The first-order valence-electron chi connectivity index (χ1n) is 3.70. The summed E-state index contributed by atoms with van der Waals surface area (Å²) in [7, 11) is 1.25. The smallest absolute Gasteiger partial charge is 0.335 e. The van der Waals surface area contributed by atoms with Gasteiger partial charge in [0.05, 0.1) is 19.8 Å². The van der Waals surface area contributed by atoms with Crippen molar-refractivity contribution in [3.8, 4) is 0 Å². The molecule has 12 heavy (non-hydrogen) atoms. The van der Waals surface area contributed by atoms with Crippen molar-refractivity contribution in [2.24, 2.45) is 0 Å². The van der Waals surface area contributed by atoms with Gasteiger partial charge in [-0.1, -0.05) is 0 Å². The topological polar surface area (TPSA) is 76.0 Å². The highest BCUT2D eigenvalue weighted by atomic mass is 16.6. The molecule has 0 saturated carbocycles.